The van der Waals surface area contributed by atoms with Crippen LogP contribution in [0.3, 0.4) is 0 Å². The molecule has 3 aromatic carbocycles. The lowest BCUT2D eigenvalue weighted by atomic mass is 10.2. The van der Waals surface area contributed by atoms with Gasteiger partial charge in [0.1, 0.15) is 5.75 Å². The Morgan fingerprint density at radius 3 is 2.34 bits per heavy atom. The SMILES string of the molecule is C=CCN(CC(=O)Nc1nc(-c2ccc(Cl)cc2)cn1-c1ccc(OC)cc1)S(=O)(=O)c1ccc(C)cc1. The fourth-order valence-corrected chi connectivity index (χ4v) is 5.24. The number of rotatable bonds is 10. The van der Waals surface area contributed by atoms with E-state index in [9.17, 15) is 13.2 Å². The highest BCUT2D eigenvalue weighted by molar-refractivity contribution is 7.89. The average Bonchev–Trinajstić information content (AvgIpc) is 3.32. The number of halogens is 1. The molecule has 4 aromatic rings. The first-order valence-corrected chi connectivity index (χ1v) is 13.5. The quantitative estimate of drug-likeness (QED) is 0.270. The van der Waals surface area contributed by atoms with Gasteiger partial charge in [-0.15, -0.1) is 6.58 Å². The molecule has 0 aliphatic heterocycles. The maximum Gasteiger partial charge on any atom is 0.243 e. The lowest BCUT2D eigenvalue weighted by Crippen LogP contribution is -2.38. The number of ether oxygens (including phenoxy) is 1. The van der Waals surface area contributed by atoms with Gasteiger partial charge in [0.05, 0.1) is 24.2 Å². The van der Waals surface area contributed by atoms with Gasteiger partial charge in [-0.2, -0.15) is 4.31 Å². The van der Waals surface area contributed by atoms with Crippen LogP contribution in [0.15, 0.2) is 96.5 Å². The van der Waals surface area contributed by atoms with E-state index in [1.807, 2.05) is 31.2 Å². The molecule has 10 heteroatoms. The summed E-state index contributed by atoms with van der Waals surface area (Å²) < 4.78 is 34.5. The third-order valence-corrected chi connectivity index (χ3v) is 7.84. The number of benzene rings is 3. The van der Waals surface area contributed by atoms with Crippen LogP contribution >= 0.6 is 11.6 Å². The molecule has 0 saturated carbocycles. The van der Waals surface area contributed by atoms with Crippen molar-refractivity contribution in [1.29, 1.82) is 0 Å². The lowest BCUT2D eigenvalue weighted by Gasteiger charge is -2.20. The molecule has 0 unspecified atom stereocenters. The highest BCUT2D eigenvalue weighted by Crippen LogP contribution is 2.27. The van der Waals surface area contributed by atoms with Gasteiger partial charge in [-0.25, -0.2) is 13.4 Å². The Balaban J connectivity index is 1.64. The van der Waals surface area contributed by atoms with Crippen LogP contribution in [0.1, 0.15) is 5.56 Å². The molecule has 0 atom stereocenters. The van der Waals surface area contributed by atoms with E-state index < -0.39 is 22.5 Å². The zero-order valence-corrected chi connectivity index (χ0v) is 22.5. The van der Waals surface area contributed by atoms with Crippen molar-refractivity contribution in [2.45, 2.75) is 11.8 Å². The molecule has 0 aliphatic rings. The number of imidazole rings is 1. The van der Waals surface area contributed by atoms with Crippen LogP contribution in [0.2, 0.25) is 5.02 Å². The van der Waals surface area contributed by atoms with Crippen LogP contribution in [-0.4, -0.2) is 48.4 Å². The first-order valence-electron chi connectivity index (χ1n) is 11.7. The molecule has 4 rings (SSSR count). The van der Waals surface area contributed by atoms with Crippen molar-refractivity contribution in [3.8, 4) is 22.7 Å². The number of nitrogens with one attached hydrogen (secondary N) is 1. The predicted molar refractivity (Wildman–Crippen MR) is 149 cm³/mol. The van der Waals surface area contributed by atoms with Crippen molar-refractivity contribution in [2.24, 2.45) is 0 Å². The number of nitrogens with zero attached hydrogens (tertiary/aromatic N) is 3. The Labute approximate surface area is 227 Å². The zero-order valence-electron chi connectivity index (χ0n) is 21.0. The number of amides is 1. The first-order chi connectivity index (χ1) is 18.2. The van der Waals surface area contributed by atoms with Crippen molar-refractivity contribution in [1.82, 2.24) is 13.9 Å². The Kier molecular flexibility index (Phi) is 8.31. The minimum absolute atomic E-state index is 0.0351. The molecule has 8 nitrogen and oxygen atoms in total. The fourth-order valence-electron chi connectivity index (χ4n) is 3.74. The number of hydrogen-bond acceptors (Lipinski definition) is 5. The summed E-state index contributed by atoms with van der Waals surface area (Å²) in [6, 6.07) is 20.9. The maximum atomic E-state index is 13.2. The van der Waals surface area contributed by atoms with Crippen LogP contribution in [0, 0.1) is 6.92 Å². The number of carbonyl (C=O) groups is 1. The molecule has 1 amide bonds. The topological polar surface area (TPSA) is 93.5 Å². The minimum Gasteiger partial charge on any atom is -0.497 e. The predicted octanol–water partition coefficient (Wildman–Crippen LogP) is 5.33. The second-order valence-electron chi connectivity index (χ2n) is 8.47. The van der Waals surface area contributed by atoms with Gasteiger partial charge in [-0.05, 0) is 55.5 Å². The van der Waals surface area contributed by atoms with E-state index >= 15 is 0 Å². The summed E-state index contributed by atoms with van der Waals surface area (Å²) >= 11 is 6.04. The van der Waals surface area contributed by atoms with E-state index in [0.717, 1.165) is 21.1 Å². The van der Waals surface area contributed by atoms with E-state index in [1.165, 1.54) is 18.2 Å². The summed E-state index contributed by atoms with van der Waals surface area (Å²) in [5.74, 6) is 0.362. The Hall–Kier alpha value is -3.92. The van der Waals surface area contributed by atoms with Crippen LogP contribution in [0.25, 0.3) is 16.9 Å². The second kappa shape index (κ2) is 11.6. The summed E-state index contributed by atoms with van der Waals surface area (Å²) in [6.07, 6.45) is 3.22. The number of methoxy groups -OCH3 is 1. The normalized spacial score (nSPS) is 11.4. The van der Waals surface area contributed by atoms with E-state index in [-0.39, 0.29) is 17.4 Å². The number of aryl methyl sites for hydroxylation is 1. The molecular weight excluding hydrogens is 524 g/mol. The monoisotopic (exact) mass is 550 g/mol. The van der Waals surface area contributed by atoms with Crippen molar-refractivity contribution in [3.05, 3.63) is 102 Å². The summed E-state index contributed by atoms with van der Waals surface area (Å²) in [5.41, 5.74) is 3.05. The molecule has 0 fully saturated rings. The largest absolute Gasteiger partial charge is 0.497 e. The number of anilines is 1. The molecule has 196 valence electrons. The summed E-state index contributed by atoms with van der Waals surface area (Å²) in [5, 5.41) is 3.37. The summed E-state index contributed by atoms with van der Waals surface area (Å²) in [6.45, 7) is 5.06. The van der Waals surface area contributed by atoms with Crippen LogP contribution in [-0.2, 0) is 14.8 Å². The highest BCUT2D eigenvalue weighted by atomic mass is 35.5. The lowest BCUT2D eigenvalue weighted by molar-refractivity contribution is -0.116. The smallest absolute Gasteiger partial charge is 0.243 e. The third kappa shape index (κ3) is 6.13. The molecule has 0 radical (unpaired) electrons. The number of sulfonamides is 1. The molecule has 38 heavy (non-hydrogen) atoms. The minimum atomic E-state index is -3.93. The number of aromatic nitrogens is 2. The summed E-state index contributed by atoms with van der Waals surface area (Å²) in [7, 11) is -2.35. The molecule has 0 aliphatic carbocycles. The van der Waals surface area contributed by atoms with E-state index in [2.05, 4.69) is 16.9 Å². The third-order valence-electron chi connectivity index (χ3n) is 5.76. The molecule has 0 saturated heterocycles. The maximum absolute atomic E-state index is 13.2. The first kappa shape index (κ1) is 27.1. The fraction of sp³-hybridized carbons (Fsp3) is 0.143. The van der Waals surface area contributed by atoms with Gasteiger partial charge in [0.2, 0.25) is 21.9 Å². The van der Waals surface area contributed by atoms with E-state index in [1.54, 1.807) is 54.3 Å². The molecule has 0 spiro atoms. The van der Waals surface area contributed by atoms with Crippen LogP contribution in [0.5, 0.6) is 5.75 Å². The molecule has 1 aromatic heterocycles. The van der Waals surface area contributed by atoms with Crippen molar-refractivity contribution >= 4 is 33.5 Å². The number of hydrogen-bond donors (Lipinski definition) is 1. The van der Waals surface area contributed by atoms with Gasteiger partial charge >= 0.3 is 0 Å². The van der Waals surface area contributed by atoms with Gasteiger partial charge in [-0.1, -0.05) is 47.5 Å². The molecule has 0 bridgehead atoms. The van der Waals surface area contributed by atoms with E-state index in [4.69, 9.17) is 16.3 Å². The zero-order chi connectivity index (χ0) is 27.3. The van der Waals surface area contributed by atoms with Crippen molar-refractivity contribution < 1.29 is 17.9 Å². The van der Waals surface area contributed by atoms with Gasteiger partial charge in [-0.3, -0.25) is 14.7 Å². The Morgan fingerprint density at radius 1 is 1.08 bits per heavy atom. The Morgan fingerprint density at radius 2 is 1.74 bits per heavy atom. The van der Waals surface area contributed by atoms with Gasteiger partial charge in [0.15, 0.2) is 0 Å². The average molecular weight is 551 g/mol. The van der Waals surface area contributed by atoms with Gasteiger partial charge in [0.25, 0.3) is 0 Å². The molecule has 1 heterocycles. The molecule has 1 N–H and O–H groups in total. The van der Waals surface area contributed by atoms with Crippen molar-refractivity contribution in [2.75, 3.05) is 25.5 Å². The summed E-state index contributed by atoms with van der Waals surface area (Å²) in [4.78, 5) is 17.9. The standard InChI is InChI=1S/C28H27ClN4O4S/c1-4-17-32(38(35,36)25-15-5-20(2)6-16-25)19-27(34)31-28-30-26(21-7-9-22(29)10-8-21)18-33(28)23-11-13-24(37-3)14-12-23/h4-16,18H,1,17,19H2,2-3H3,(H,30,31,34). The Bertz CT molecular complexity index is 1530. The van der Waals surface area contributed by atoms with Gasteiger partial charge in [0, 0.05) is 29.0 Å². The van der Waals surface area contributed by atoms with Crippen LogP contribution < -0.4 is 10.1 Å². The molecular formula is C28H27ClN4O4S. The van der Waals surface area contributed by atoms with E-state index in [0.29, 0.717) is 16.5 Å². The van der Waals surface area contributed by atoms with Gasteiger partial charge < -0.3 is 4.74 Å². The number of carbonyl (C=O) groups excluding carboxylic acids is 1. The van der Waals surface area contributed by atoms with Crippen LogP contribution in [0.4, 0.5) is 5.95 Å². The highest BCUT2D eigenvalue weighted by Gasteiger charge is 2.26. The van der Waals surface area contributed by atoms with Crippen molar-refractivity contribution in [3.63, 3.8) is 0 Å². The second-order valence-corrected chi connectivity index (χ2v) is 10.8.